The van der Waals surface area contributed by atoms with Crippen molar-refractivity contribution in [3.05, 3.63) is 22.4 Å². The molecule has 0 saturated heterocycles. The molecule has 1 aliphatic rings. The maximum Gasteiger partial charge on any atom is 0.317 e. The van der Waals surface area contributed by atoms with Gasteiger partial charge < -0.3 is 5.11 Å². The maximum atomic E-state index is 10.5. The number of thiophene rings is 1. The van der Waals surface area contributed by atoms with E-state index in [-0.39, 0.29) is 12.6 Å². The lowest BCUT2D eigenvalue weighted by atomic mass is 10.1. The molecule has 0 aromatic carbocycles. The van der Waals surface area contributed by atoms with Crippen molar-refractivity contribution < 1.29 is 9.90 Å². The molecule has 76 valence electrons. The van der Waals surface area contributed by atoms with E-state index in [9.17, 15) is 4.79 Å². The molecule has 0 bridgehead atoms. The van der Waals surface area contributed by atoms with Crippen LogP contribution in [0.4, 0.5) is 0 Å². The second kappa shape index (κ2) is 4.11. The summed E-state index contributed by atoms with van der Waals surface area (Å²) in [5.41, 5.74) is 1.23. The normalized spacial score (nSPS) is 18.0. The van der Waals surface area contributed by atoms with E-state index >= 15 is 0 Å². The van der Waals surface area contributed by atoms with Crippen molar-refractivity contribution >= 4 is 17.3 Å². The molecule has 1 aromatic heterocycles. The maximum absolute atomic E-state index is 10.5. The van der Waals surface area contributed by atoms with Crippen molar-refractivity contribution in [3.8, 4) is 0 Å². The van der Waals surface area contributed by atoms with Gasteiger partial charge in [0, 0.05) is 6.04 Å². The Balaban J connectivity index is 1.97. The van der Waals surface area contributed by atoms with Crippen molar-refractivity contribution in [2.75, 3.05) is 6.54 Å². The third kappa shape index (κ3) is 2.33. The zero-order chi connectivity index (χ0) is 9.97. The van der Waals surface area contributed by atoms with Crippen LogP contribution < -0.4 is 5.32 Å². The van der Waals surface area contributed by atoms with E-state index in [0.717, 1.165) is 0 Å². The first-order valence-electron chi connectivity index (χ1n) is 4.74. The second-order valence-electron chi connectivity index (χ2n) is 3.65. The number of carbonyl (C=O) groups is 1. The summed E-state index contributed by atoms with van der Waals surface area (Å²) in [5.74, 6) is -0.144. The molecule has 0 amide bonds. The Morgan fingerprint density at radius 2 is 2.50 bits per heavy atom. The van der Waals surface area contributed by atoms with Crippen LogP contribution in [0.3, 0.4) is 0 Å². The van der Waals surface area contributed by atoms with Crippen LogP contribution in [0.25, 0.3) is 0 Å². The first-order chi connectivity index (χ1) is 6.77. The first-order valence-corrected chi connectivity index (χ1v) is 5.69. The topological polar surface area (TPSA) is 49.3 Å². The van der Waals surface area contributed by atoms with E-state index in [2.05, 4.69) is 16.8 Å². The molecule has 1 unspecified atom stereocenters. The highest BCUT2D eigenvalue weighted by atomic mass is 32.1. The van der Waals surface area contributed by atoms with E-state index in [4.69, 9.17) is 5.11 Å². The summed E-state index contributed by atoms with van der Waals surface area (Å²) in [6.45, 7) is 0.0526. The van der Waals surface area contributed by atoms with Crippen LogP contribution in [0.1, 0.15) is 24.4 Å². The lowest BCUT2D eigenvalue weighted by molar-refractivity contribution is -0.136. The number of rotatable bonds is 5. The average molecular weight is 211 g/mol. The monoisotopic (exact) mass is 211 g/mol. The Bertz CT molecular complexity index is 306. The predicted octanol–water partition coefficient (Wildman–Crippen LogP) is 1.87. The van der Waals surface area contributed by atoms with Gasteiger partial charge in [-0.15, -0.1) is 0 Å². The van der Waals surface area contributed by atoms with E-state index in [1.165, 1.54) is 18.4 Å². The Morgan fingerprint density at radius 1 is 1.71 bits per heavy atom. The van der Waals surface area contributed by atoms with Gasteiger partial charge in [0.05, 0.1) is 6.54 Å². The molecule has 2 rings (SSSR count). The van der Waals surface area contributed by atoms with Crippen LogP contribution in [0.5, 0.6) is 0 Å². The fourth-order valence-corrected chi connectivity index (χ4v) is 2.33. The average Bonchev–Trinajstić information content (AvgIpc) is 2.81. The molecule has 1 aliphatic carbocycles. The van der Waals surface area contributed by atoms with E-state index < -0.39 is 5.97 Å². The molecule has 1 aromatic rings. The lowest BCUT2D eigenvalue weighted by Crippen LogP contribution is -2.28. The van der Waals surface area contributed by atoms with Crippen molar-refractivity contribution in [2.24, 2.45) is 5.92 Å². The summed E-state index contributed by atoms with van der Waals surface area (Å²) >= 11 is 1.66. The number of carboxylic acids is 1. The first kappa shape index (κ1) is 9.68. The summed E-state index contributed by atoms with van der Waals surface area (Å²) in [6.07, 6.45) is 2.43. The minimum absolute atomic E-state index is 0.0526. The third-order valence-electron chi connectivity index (χ3n) is 2.47. The summed E-state index contributed by atoms with van der Waals surface area (Å²) in [5, 5.41) is 15.8. The minimum Gasteiger partial charge on any atom is -0.480 e. The second-order valence-corrected chi connectivity index (χ2v) is 4.43. The Hall–Kier alpha value is -0.870. The number of hydrogen-bond donors (Lipinski definition) is 2. The highest BCUT2D eigenvalue weighted by Gasteiger charge is 2.32. The molecule has 1 fully saturated rings. The molecule has 2 N–H and O–H groups in total. The molecule has 0 aliphatic heterocycles. The van der Waals surface area contributed by atoms with Gasteiger partial charge in [-0.05, 0) is 41.1 Å². The van der Waals surface area contributed by atoms with Gasteiger partial charge in [-0.2, -0.15) is 11.3 Å². The number of nitrogens with one attached hydrogen (secondary N) is 1. The molecule has 1 saturated carbocycles. The molecular formula is C10H13NO2S. The molecule has 1 atom stereocenters. The Morgan fingerprint density at radius 3 is 3.00 bits per heavy atom. The van der Waals surface area contributed by atoms with Crippen molar-refractivity contribution in [3.63, 3.8) is 0 Å². The van der Waals surface area contributed by atoms with Gasteiger partial charge in [0.25, 0.3) is 0 Å². The van der Waals surface area contributed by atoms with Gasteiger partial charge in [-0.3, -0.25) is 10.1 Å². The number of carboxylic acid groups (broad SMARTS) is 1. The molecule has 14 heavy (non-hydrogen) atoms. The van der Waals surface area contributed by atoms with Crippen molar-refractivity contribution in [1.82, 2.24) is 5.32 Å². The number of aliphatic carboxylic acids is 1. The van der Waals surface area contributed by atoms with E-state index in [0.29, 0.717) is 5.92 Å². The van der Waals surface area contributed by atoms with Gasteiger partial charge in [-0.25, -0.2) is 0 Å². The van der Waals surface area contributed by atoms with Crippen LogP contribution in [-0.4, -0.2) is 17.6 Å². The predicted molar refractivity (Wildman–Crippen MR) is 55.4 cm³/mol. The lowest BCUT2D eigenvalue weighted by Gasteiger charge is -2.15. The Kier molecular flexibility index (Phi) is 2.84. The van der Waals surface area contributed by atoms with Crippen LogP contribution in [0.2, 0.25) is 0 Å². The summed E-state index contributed by atoms with van der Waals surface area (Å²) in [4.78, 5) is 10.5. The van der Waals surface area contributed by atoms with Gasteiger partial charge >= 0.3 is 5.97 Å². The van der Waals surface area contributed by atoms with E-state index in [1.807, 2.05) is 5.38 Å². The molecule has 3 nitrogen and oxygen atoms in total. The molecule has 4 heteroatoms. The zero-order valence-electron chi connectivity index (χ0n) is 7.77. The Labute approximate surface area is 86.8 Å². The van der Waals surface area contributed by atoms with Gasteiger partial charge in [0.2, 0.25) is 0 Å². The fraction of sp³-hybridized carbons (Fsp3) is 0.500. The van der Waals surface area contributed by atoms with Crippen molar-refractivity contribution in [1.29, 1.82) is 0 Å². The van der Waals surface area contributed by atoms with Crippen LogP contribution in [0.15, 0.2) is 16.8 Å². The molecule has 1 heterocycles. The quantitative estimate of drug-likeness (QED) is 0.781. The van der Waals surface area contributed by atoms with Gasteiger partial charge in [0.15, 0.2) is 0 Å². The van der Waals surface area contributed by atoms with Crippen molar-refractivity contribution in [2.45, 2.75) is 18.9 Å². The third-order valence-corrected chi connectivity index (χ3v) is 3.17. The van der Waals surface area contributed by atoms with E-state index in [1.54, 1.807) is 11.3 Å². The van der Waals surface area contributed by atoms with Crippen LogP contribution in [0, 0.1) is 5.92 Å². The highest BCUT2D eigenvalue weighted by molar-refractivity contribution is 7.07. The smallest absolute Gasteiger partial charge is 0.317 e. The molecule has 0 radical (unpaired) electrons. The summed E-state index contributed by atoms with van der Waals surface area (Å²) in [7, 11) is 0. The summed E-state index contributed by atoms with van der Waals surface area (Å²) in [6, 6.07) is 2.32. The van der Waals surface area contributed by atoms with Crippen LogP contribution in [-0.2, 0) is 4.79 Å². The highest BCUT2D eigenvalue weighted by Crippen LogP contribution is 2.41. The summed E-state index contributed by atoms with van der Waals surface area (Å²) < 4.78 is 0. The number of hydrogen-bond acceptors (Lipinski definition) is 3. The zero-order valence-corrected chi connectivity index (χ0v) is 8.59. The SMILES string of the molecule is O=C(O)CNC(c1ccsc1)C1CC1. The van der Waals surface area contributed by atoms with Gasteiger partial charge in [-0.1, -0.05) is 0 Å². The standard InChI is InChI=1S/C10H13NO2S/c12-9(13)5-11-10(7-1-2-7)8-3-4-14-6-8/h3-4,6-7,10-11H,1-2,5H2,(H,12,13). The van der Waals surface area contributed by atoms with Gasteiger partial charge in [0.1, 0.15) is 0 Å². The molecular weight excluding hydrogens is 198 g/mol. The fourth-order valence-electron chi connectivity index (χ4n) is 1.64. The largest absolute Gasteiger partial charge is 0.480 e. The van der Waals surface area contributed by atoms with Crippen LogP contribution >= 0.6 is 11.3 Å². The molecule has 0 spiro atoms. The minimum atomic E-state index is -0.786.